The lowest BCUT2D eigenvalue weighted by Crippen LogP contribution is -2.30. The van der Waals surface area contributed by atoms with Gasteiger partial charge in [-0.3, -0.25) is 14.4 Å². The normalized spacial score (nSPS) is 12.7. The third kappa shape index (κ3) is 55.4. The second-order valence-electron chi connectivity index (χ2n) is 19.2. The van der Waals surface area contributed by atoms with E-state index in [4.69, 9.17) is 14.2 Å². The van der Waals surface area contributed by atoms with Gasteiger partial charge < -0.3 is 14.2 Å². The Morgan fingerprint density at radius 3 is 0.928 bits per heavy atom. The minimum Gasteiger partial charge on any atom is -0.462 e. The van der Waals surface area contributed by atoms with Gasteiger partial charge in [0.2, 0.25) is 0 Å². The van der Waals surface area contributed by atoms with Crippen LogP contribution in [-0.2, 0) is 28.6 Å². The molecular formula is C63H108O6. The number of hydrogen-bond acceptors (Lipinski definition) is 6. The summed E-state index contributed by atoms with van der Waals surface area (Å²) in [5.41, 5.74) is 0. The van der Waals surface area contributed by atoms with Crippen molar-refractivity contribution in [2.24, 2.45) is 0 Å². The second-order valence-corrected chi connectivity index (χ2v) is 19.2. The molecule has 0 aromatic carbocycles. The summed E-state index contributed by atoms with van der Waals surface area (Å²) in [5, 5.41) is 0. The van der Waals surface area contributed by atoms with Gasteiger partial charge in [-0.25, -0.2) is 0 Å². The molecule has 0 saturated heterocycles. The molecule has 6 nitrogen and oxygen atoms in total. The summed E-state index contributed by atoms with van der Waals surface area (Å²) in [6, 6.07) is 0. The topological polar surface area (TPSA) is 78.9 Å². The van der Waals surface area contributed by atoms with Gasteiger partial charge in [-0.15, -0.1) is 0 Å². The predicted octanol–water partition coefficient (Wildman–Crippen LogP) is 19.5. The van der Waals surface area contributed by atoms with E-state index in [2.05, 4.69) is 106 Å². The Kier molecular flexibility index (Phi) is 54.3. The number of carbonyl (C=O) groups is 3. The number of rotatable bonds is 52. The summed E-state index contributed by atoms with van der Waals surface area (Å²) in [6.07, 6.45) is 74.3. The molecular weight excluding hydrogens is 853 g/mol. The van der Waals surface area contributed by atoms with Crippen molar-refractivity contribution in [1.82, 2.24) is 0 Å². The zero-order chi connectivity index (χ0) is 50.0. The molecule has 0 N–H and O–H groups in total. The van der Waals surface area contributed by atoms with E-state index in [1.165, 1.54) is 116 Å². The van der Waals surface area contributed by atoms with Gasteiger partial charge in [-0.05, 0) is 116 Å². The highest BCUT2D eigenvalue weighted by atomic mass is 16.6. The Bertz CT molecular complexity index is 1330. The van der Waals surface area contributed by atoms with Gasteiger partial charge in [0.25, 0.3) is 0 Å². The summed E-state index contributed by atoms with van der Waals surface area (Å²) in [5.74, 6) is -0.927. The maximum atomic E-state index is 12.8. The van der Waals surface area contributed by atoms with Crippen LogP contribution in [0.2, 0.25) is 0 Å². The molecule has 0 heterocycles. The molecule has 69 heavy (non-hydrogen) atoms. The van der Waals surface area contributed by atoms with Crippen LogP contribution < -0.4 is 0 Å². The third-order valence-corrected chi connectivity index (χ3v) is 12.4. The Morgan fingerprint density at radius 1 is 0.304 bits per heavy atom. The molecule has 0 spiro atoms. The van der Waals surface area contributed by atoms with Crippen molar-refractivity contribution in [2.75, 3.05) is 13.2 Å². The summed E-state index contributed by atoms with van der Waals surface area (Å²) < 4.78 is 16.8. The van der Waals surface area contributed by atoms with E-state index >= 15 is 0 Å². The van der Waals surface area contributed by atoms with Crippen molar-refractivity contribution < 1.29 is 28.6 Å². The Labute approximate surface area is 426 Å². The van der Waals surface area contributed by atoms with Gasteiger partial charge in [-0.2, -0.15) is 0 Å². The van der Waals surface area contributed by atoms with Crippen LogP contribution in [-0.4, -0.2) is 37.2 Å². The number of ether oxygens (including phenoxy) is 3. The van der Waals surface area contributed by atoms with E-state index in [-0.39, 0.29) is 31.1 Å². The molecule has 0 fully saturated rings. The lowest BCUT2D eigenvalue weighted by molar-refractivity contribution is -0.167. The average molecular weight is 962 g/mol. The van der Waals surface area contributed by atoms with Crippen molar-refractivity contribution in [2.45, 2.75) is 284 Å². The van der Waals surface area contributed by atoms with Gasteiger partial charge in [0, 0.05) is 19.3 Å². The van der Waals surface area contributed by atoms with Crippen molar-refractivity contribution in [1.29, 1.82) is 0 Å². The Hall–Kier alpha value is -3.41. The monoisotopic (exact) mass is 961 g/mol. The first-order valence-corrected chi connectivity index (χ1v) is 29.1. The van der Waals surface area contributed by atoms with Crippen LogP contribution in [0.4, 0.5) is 0 Å². The molecule has 0 amide bonds. The smallest absolute Gasteiger partial charge is 0.306 e. The molecule has 0 bridgehead atoms. The third-order valence-electron chi connectivity index (χ3n) is 12.4. The fourth-order valence-corrected chi connectivity index (χ4v) is 7.99. The van der Waals surface area contributed by atoms with Crippen LogP contribution in [0.5, 0.6) is 0 Å². The number of allylic oxidation sites excluding steroid dienone is 14. The average Bonchev–Trinajstić information content (AvgIpc) is 3.35. The summed E-state index contributed by atoms with van der Waals surface area (Å²) >= 11 is 0. The fraction of sp³-hybridized carbons (Fsp3) is 0.730. The van der Waals surface area contributed by atoms with E-state index in [0.29, 0.717) is 19.3 Å². The van der Waals surface area contributed by atoms with Crippen LogP contribution in [0.1, 0.15) is 278 Å². The molecule has 0 aliphatic heterocycles. The maximum Gasteiger partial charge on any atom is 0.306 e. The van der Waals surface area contributed by atoms with Crippen molar-refractivity contribution in [3.05, 3.63) is 85.1 Å². The van der Waals surface area contributed by atoms with E-state index < -0.39 is 6.10 Å². The first-order chi connectivity index (χ1) is 34.0. The number of hydrogen-bond donors (Lipinski definition) is 0. The molecule has 1 atom stereocenters. The van der Waals surface area contributed by atoms with Crippen molar-refractivity contribution in [3.63, 3.8) is 0 Å². The van der Waals surface area contributed by atoms with E-state index in [0.717, 1.165) is 122 Å². The zero-order valence-electron chi connectivity index (χ0n) is 45.3. The predicted molar refractivity (Wildman–Crippen MR) is 297 cm³/mol. The first-order valence-electron chi connectivity index (χ1n) is 29.1. The van der Waals surface area contributed by atoms with E-state index in [9.17, 15) is 14.4 Å². The van der Waals surface area contributed by atoms with Crippen LogP contribution in [0.3, 0.4) is 0 Å². The van der Waals surface area contributed by atoms with Gasteiger partial charge in [0.1, 0.15) is 13.2 Å². The molecule has 6 heteroatoms. The highest BCUT2D eigenvalue weighted by Crippen LogP contribution is 2.15. The van der Waals surface area contributed by atoms with Crippen LogP contribution in [0.15, 0.2) is 85.1 Å². The Morgan fingerprint density at radius 2 is 0.565 bits per heavy atom. The van der Waals surface area contributed by atoms with Gasteiger partial charge in [0.05, 0.1) is 0 Å². The van der Waals surface area contributed by atoms with Gasteiger partial charge >= 0.3 is 17.9 Å². The van der Waals surface area contributed by atoms with Crippen LogP contribution >= 0.6 is 0 Å². The summed E-state index contributed by atoms with van der Waals surface area (Å²) in [6.45, 7) is 6.48. The summed E-state index contributed by atoms with van der Waals surface area (Å²) in [4.78, 5) is 38.2. The quantitative estimate of drug-likeness (QED) is 0.0262. The number of unbranched alkanes of at least 4 members (excludes halogenated alkanes) is 27. The first kappa shape index (κ1) is 65.6. The lowest BCUT2D eigenvalue weighted by Gasteiger charge is -2.18. The largest absolute Gasteiger partial charge is 0.462 e. The molecule has 396 valence electrons. The molecule has 0 aliphatic carbocycles. The number of carbonyl (C=O) groups excluding carboxylic acids is 3. The molecule has 0 unspecified atom stereocenters. The highest BCUT2D eigenvalue weighted by Gasteiger charge is 2.19. The minimum atomic E-state index is -0.797. The highest BCUT2D eigenvalue weighted by molar-refractivity contribution is 5.71. The molecule has 0 aliphatic rings. The summed E-state index contributed by atoms with van der Waals surface area (Å²) in [7, 11) is 0. The number of esters is 3. The van der Waals surface area contributed by atoms with Gasteiger partial charge in [0.15, 0.2) is 6.10 Å². The van der Waals surface area contributed by atoms with Crippen LogP contribution in [0, 0.1) is 0 Å². The van der Waals surface area contributed by atoms with Crippen molar-refractivity contribution in [3.8, 4) is 0 Å². The maximum absolute atomic E-state index is 12.8. The molecule has 0 aromatic heterocycles. The molecule has 0 radical (unpaired) electrons. The second kappa shape index (κ2) is 57.2. The zero-order valence-corrected chi connectivity index (χ0v) is 45.3. The SMILES string of the molecule is CC/C=C\C/C=C\C/C=C\CCCCCCCC(=O)O[C@H](COC(=O)CCCCCC/C=C\C/C=C\C/C=C\CCCCC)COC(=O)CCCCCCCCCCC/C=C\CCCCCCCC. The molecule has 0 rings (SSSR count). The van der Waals surface area contributed by atoms with Crippen molar-refractivity contribution >= 4 is 17.9 Å². The fourth-order valence-electron chi connectivity index (χ4n) is 7.99. The van der Waals surface area contributed by atoms with Gasteiger partial charge in [-0.1, -0.05) is 228 Å². The molecule has 0 saturated carbocycles. The standard InChI is InChI=1S/C63H108O6/c1-4-7-10-13-16-19-22-25-28-30-31-33-36-38-41-44-47-50-53-56-62(65)68-59-60(69-63(66)57-54-51-48-45-42-39-34-27-24-21-18-15-12-9-6-3)58-67-61(64)55-52-49-46-43-40-37-35-32-29-26-23-20-17-14-11-8-5-2/h9,12,17-18,20-21,25-29,34-35,37,60H,4-8,10-11,13-16,19,22-24,30-33,36,38-59H2,1-3H3/b12-9-,20-17-,21-18-,28-25-,29-26-,34-27-,37-35-/t60-/m1/s1. The Balaban J connectivity index is 4.43. The minimum absolute atomic E-state index is 0.0918. The molecule has 0 aromatic rings. The van der Waals surface area contributed by atoms with E-state index in [1.807, 2.05) is 0 Å². The van der Waals surface area contributed by atoms with Crippen LogP contribution in [0.25, 0.3) is 0 Å². The van der Waals surface area contributed by atoms with E-state index in [1.54, 1.807) is 0 Å². The lowest BCUT2D eigenvalue weighted by atomic mass is 10.1.